The highest BCUT2D eigenvalue weighted by atomic mass is 19.1. The molecule has 3 N–H and O–H groups in total. The lowest BCUT2D eigenvalue weighted by Crippen LogP contribution is -2.17. The fraction of sp³-hybridized carbons (Fsp3) is 0.188. The number of nitrogens with zero attached hydrogens (tertiary/aromatic N) is 1. The Morgan fingerprint density at radius 2 is 1.96 bits per heavy atom. The molecular weight excluding hydrogens is 320 g/mol. The maximum Gasteiger partial charge on any atom is 0.258 e. The fourth-order valence-electron chi connectivity index (χ4n) is 2.12. The van der Waals surface area contributed by atoms with Gasteiger partial charge in [0.15, 0.2) is 0 Å². The number of hydrogen-bond acceptors (Lipinski definition) is 4. The largest absolute Gasteiger partial charge is 0.508 e. The maximum atomic E-state index is 13.7. The zero-order valence-electron chi connectivity index (χ0n) is 12.3. The van der Waals surface area contributed by atoms with E-state index in [9.17, 15) is 18.4 Å². The third-order valence-corrected chi connectivity index (χ3v) is 3.52. The number of phenols is 1. The summed E-state index contributed by atoms with van der Waals surface area (Å²) in [7, 11) is 0. The smallest absolute Gasteiger partial charge is 0.258 e. The van der Waals surface area contributed by atoms with Crippen molar-refractivity contribution >= 4 is 23.3 Å². The molecule has 0 bridgehead atoms. The number of hydrogen-bond donors (Lipinski definition) is 3. The molecule has 1 aliphatic carbocycles. The van der Waals surface area contributed by atoms with E-state index in [1.807, 2.05) is 0 Å². The molecule has 1 saturated carbocycles. The first-order valence-electron chi connectivity index (χ1n) is 7.15. The molecule has 2 aromatic rings. The van der Waals surface area contributed by atoms with Gasteiger partial charge in [-0.05, 0) is 24.6 Å². The number of amides is 2. The van der Waals surface area contributed by atoms with Crippen molar-refractivity contribution in [1.82, 2.24) is 4.98 Å². The molecule has 8 heteroatoms. The van der Waals surface area contributed by atoms with E-state index in [0.717, 1.165) is 12.1 Å². The van der Waals surface area contributed by atoms with Crippen LogP contribution in [0.25, 0.3) is 0 Å². The highest BCUT2D eigenvalue weighted by molar-refractivity contribution is 6.05. The minimum absolute atomic E-state index is 0.156. The predicted molar refractivity (Wildman–Crippen MR) is 81.9 cm³/mol. The van der Waals surface area contributed by atoms with E-state index in [4.69, 9.17) is 5.11 Å². The zero-order chi connectivity index (χ0) is 17.3. The van der Waals surface area contributed by atoms with Gasteiger partial charge in [0.05, 0.1) is 11.5 Å². The fourth-order valence-corrected chi connectivity index (χ4v) is 2.12. The number of benzene rings is 1. The van der Waals surface area contributed by atoms with E-state index in [1.54, 1.807) is 0 Å². The molecule has 1 aromatic heterocycles. The zero-order valence-corrected chi connectivity index (χ0v) is 12.3. The molecule has 0 radical (unpaired) electrons. The van der Waals surface area contributed by atoms with Gasteiger partial charge in [0, 0.05) is 24.0 Å². The van der Waals surface area contributed by atoms with Crippen LogP contribution in [0.5, 0.6) is 5.75 Å². The summed E-state index contributed by atoms with van der Waals surface area (Å²) < 4.78 is 26.5. The van der Waals surface area contributed by atoms with Crippen molar-refractivity contribution in [2.45, 2.75) is 12.6 Å². The number of nitrogens with one attached hydrogen (secondary N) is 2. The number of anilines is 2. The van der Waals surface area contributed by atoms with Gasteiger partial charge < -0.3 is 15.7 Å². The molecule has 0 saturated heterocycles. The second kappa shape index (κ2) is 6.23. The monoisotopic (exact) mass is 333 g/mol. The van der Waals surface area contributed by atoms with Gasteiger partial charge in [0.1, 0.15) is 23.6 Å². The first-order valence-corrected chi connectivity index (χ1v) is 7.15. The molecule has 2 atom stereocenters. The standard InChI is InChI=1S/C16H13F2N3O3/c17-12-6-9(22)1-2-10(12)15(23)20-8-3-4-19-14(5-8)21-16(24)11-7-13(11)18/h1-6,11,13,22H,7H2,(H2,19,20,21,23,24)/t11-,13+/m1/s1. The average Bonchev–Trinajstić information content (AvgIpc) is 3.24. The Balaban J connectivity index is 1.69. The Hall–Kier alpha value is -3.03. The van der Waals surface area contributed by atoms with Crippen LogP contribution in [0.15, 0.2) is 36.5 Å². The second-order valence-corrected chi connectivity index (χ2v) is 5.40. The summed E-state index contributed by atoms with van der Waals surface area (Å²) >= 11 is 0. The minimum Gasteiger partial charge on any atom is -0.508 e. The number of aromatic hydroxyl groups is 1. The van der Waals surface area contributed by atoms with Crippen LogP contribution >= 0.6 is 0 Å². The van der Waals surface area contributed by atoms with Crippen LogP contribution < -0.4 is 10.6 Å². The van der Waals surface area contributed by atoms with Gasteiger partial charge in [0.2, 0.25) is 5.91 Å². The molecule has 124 valence electrons. The number of alkyl halides is 1. The molecule has 2 amide bonds. The first kappa shape index (κ1) is 15.9. The summed E-state index contributed by atoms with van der Waals surface area (Å²) in [6.45, 7) is 0. The van der Waals surface area contributed by atoms with Crippen molar-refractivity contribution in [3.8, 4) is 5.75 Å². The van der Waals surface area contributed by atoms with Crippen LogP contribution in [0.1, 0.15) is 16.8 Å². The molecule has 24 heavy (non-hydrogen) atoms. The molecule has 0 unspecified atom stereocenters. The predicted octanol–water partition coefficient (Wildman–Crippen LogP) is 2.48. The molecule has 6 nitrogen and oxygen atoms in total. The van der Waals surface area contributed by atoms with Crippen LogP contribution in [0.4, 0.5) is 20.3 Å². The van der Waals surface area contributed by atoms with Crippen LogP contribution in [-0.2, 0) is 4.79 Å². The summed E-state index contributed by atoms with van der Waals surface area (Å²) in [5, 5.41) is 14.1. The number of rotatable bonds is 4. The Bertz CT molecular complexity index is 813. The van der Waals surface area contributed by atoms with Crippen molar-refractivity contribution in [3.63, 3.8) is 0 Å². The summed E-state index contributed by atoms with van der Waals surface area (Å²) in [5.74, 6) is -2.84. The van der Waals surface area contributed by atoms with Crippen LogP contribution in [0.3, 0.4) is 0 Å². The van der Waals surface area contributed by atoms with E-state index >= 15 is 0 Å². The molecule has 0 spiro atoms. The summed E-state index contributed by atoms with van der Waals surface area (Å²) in [6, 6.07) is 6.01. The summed E-state index contributed by atoms with van der Waals surface area (Å²) in [5.41, 5.74) is 0.0406. The Labute approximate surface area is 135 Å². The van der Waals surface area contributed by atoms with Crippen molar-refractivity contribution < 1.29 is 23.5 Å². The van der Waals surface area contributed by atoms with E-state index < -0.39 is 29.7 Å². The quantitative estimate of drug-likeness (QED) is 0.801. The maximum absolute atomic E-state index is 13.7. The van der Waals surface area contributed by atoms with Crippen molar-refractivity contribution in [2.75, 3.05) is 10.6 Å². The van der Waals surface area contributed by atoms with E-state index in [1.165, 1.54) is 24.4 Å². The highest BCUT2D eigenvalue weighted by Crippen LogP contribution is 2.34. The highest BCUT2D eigenvalue weighted by Gasteiger charge is 2.43. The average molecular weight is 333 g/mol. The number of aromatic nitrogens is 1. The third kappa shape index (κ3) is 3.48. The van der Waals surface area contributed by atoms with Crippen molar-refractivity contribution in [2.24, 2.45) is 5.92 Å². The number of halogens is 2. The van der Waals surface area contributed by atoms with Crippen molar-refractivity contribution in [1.29, 1.82) is 0 Å². The number of carbonyl (C=O) groups is 2. The van der Waals surface area contributed by atoms with Gasteiger partial charge in [-0.15, -0.1) is 0 Å². The minimum atomic E-state index is -1.12. The van der Waals surface area contributed by atoms with Crippen LogP contribution in [0, 0.1) is 11.7 Å². The van der Waals surface area contributed by atoms with E-state index in [2.05, 4.69) is 15.6 Å². The lowest BCUT2D eigenvalue weighted by molar-refractivity contribution is -0.117. The Morgan fingerprint density at radius 3 is 2.62 bits per heavy atom. The Kier molecular flexibility index (Phi) is 4.11. The van der Waals surface area contributed by atoms with Gasteiger partial charge in [-0.1, -0.05) is 0 Å². The van der Waals surface area contributed by atoms with Gasteiger partial charge in [-0.3, -0.25) is 9.59 Å². The van der Waals surface area contributed by atoms with Gasteiger partial charge in [-0.2, -0.15) is 0 Å². The van der Waals surface area contributed by atoms with Crippen LogP contribution in [-0.4, -0.2) is 28.1 Å². The SMILES string of the molecule is O=C(Nc1ccnc(NC(=O)[C@@H]2C[C@@H]2F)c1)c1ccc(O)cc1F. The van der Waals surface area contributed by atoms with E-state index in [-0.39, 0.29) is 29.2 Å². The lowest BCUT2D eigenvalue weighted by Gasteiger charge is -2.08. The van der Waals surface area contributed by atoms with Gasteiger partial charge in [0.25, 0.3) is 5.91 Å². The number of pyridine rings is 1. The summed E-state index contributed by atoms with van der Waals surface area (Å²) in [6.07, 6.45) is 0.422. The summed E-state index contributed by atoms with van der Waals surface area (Å²) in [4.78, 5) is 27.6. The van der Waals surface area contributed by atoms with Crippen LogP contribution in [0.2, 0.25) is 0 Å². The number of phenolic OH excluding ortho intramolecular Hbond substituents is 1. The topological polar surface area (TPSA) is 91.3 Å². The molecule has 1 heterocycles. The molecule has 3 rings (SSSR count). The lowest BCUT2D eigenvalue weighted by atomic mass is 10.2. The molecule has 0 aliphatic heterocycles. The molecule has 1 aliphatic rings. The molecule has 1 fully saturated rings. The second-order valence-electron chi connectivity index (χ2n) is 5.40. The number of carbonyl (C=O) groups excluding carboxylic acids is 2. The first-order chi connectivity index (χ1) is 11.4. The van der Waals surface area contributed by atoms with Crippen molar-refractivity contribution in [3.05, 3.63) is 47.9 Å². The normalized spacial score (nSPS) is 18.8. The third-order valence-electron chi connectivity index (χ3n) is 3.52. The van der Waals surface area contributed by atoms with Gasteiger partial charge in [-0.25, -0.2) is 13.8 Å². The van der Waals surface area contributed by atoms with E-state index in [0.29, 0.717) is 0 Å². The van der Waals surface area contributed by atoms with Gasteiger partial charge >= 0.3 is 0 Å². The molecule has 1 aromatic carbocycles. The molecular formula is C16H13F2N3O3. The Morgan fingerprint density at radius 1 is 1.21 bits per heavy atom.